The van der Waals surface area contributed by atoms with Crippen LogP contribution in [0, 0.1) is 5.82 Å². The van der Waals surface area contributed by atoms with Gasteiger partial charge in [0.15, 0.2) is 0 Å². The minimum absolute atomic E-state index is 0. The Morgan fingerprint density at radius 3 is 2.47 bits per heavy atom. The second-order valence-corrected chi connectivity index (χ2v) is 8.00. The van der Waals surface area contributed by atoms with Gasteiger partial charge in [0.1, 0.15) is 5.82 Å². The Balaban J connectivity index is 0.00000289. The molecule has 0 spiro atoms. The van der Waals surface area contributed by atoms with E-state index in [1.54, 1.807) is 24.3 Å². The number of nitrogens with zero attached hydrogens (tertiary/aromatic N) is 1. The number of rotatable bonds is 8. The van der Waals surface area contributed by atoms with E-state index in [4.69, 9.17) is 10.1 Å². The summed E-state index contributed by atoms with van der Waals surface area (Å²) in [6.45, 7) is 0. The molecule has 1 aliphatic rings. The van der Waals surface area contributed by atoms with Crippen LogP contribution in [0.4, 0.5) is 4.39 Å². The van der Waals surface area contributed by atoms with Crippen LogP contribution in [0.2, 0.25) is 0 Å². The number of benzene rings is 2. The topological polar surface area (TPSA) is 90.7 Å². The number of carboxylic acids is 1. The summed E-state index contributed by atoms with van der Waals surface area (Å²) in [7, 11) is 0. The van der Waals surface area contributed by atoms with E-state index in [1.165, 1.54) is 12.1 Å². The molecule has 0 saturated heterocycles. The SMILES string of the molecule is O=C(O)C[C@H](O)C[C@@H](O)/C=C/c1c(C2CC2)nc2ccccc2c1-c1ccc(F)cc1.[CaH2]. The second-order valence-electron chi connectivity index (χ2n) is 8.00. The number of aliphatic hydroxyl groups is 2. The average molecular weight is 464 g/mol. The van der Waals surface area contributed by atoms with Crippen LogP contribution in [0.25, 0.3) is 28.1 Å². The Morgan fingerprint density at radius 2 is 1.81 bits per heavy atom. The van der Waals surface area contributed by atoms with Crippen molar-refractivity contribution < 1.29 is 24.5 Å². The van der Waals surface area contributed by atoms with E-state index in [-0.39, 0.29) is 50.0 Å². The predicted octanol–water partition coefficient (Wildman–Crippen LogP) is 3.60. The van der Waals surface area contributed by atoms with E-state index in [0.717, 1.165) is 46.1 Å². The fourth-order valence-corrected chi connectivity index (χ4v) is 3.86. The maximum absolute atomic E-state index is 13.6. The Labute approximate surface area is 215 Å². The summed E-state index contributed by atoms with van der Waals surface area (Å²) >= 11 is 0. The molecule has 7 heteroatoms. The molecule has 0 radical (unpaired) electrons. The number of para-hydroxylation sites is 1. The van der Waals surface area contributed by atoms with E-state index < -0.39 is 24.6 Å². The van der Waals surface area contributed by atoms with Gasteiger partial charge in [0.05, 0.1) is 29.8 Å². The number of aromatic nitrogens is 1. The van der Waals surface area contributed by atoms with Crippen LogP contribution in [0.1, 0.15) is 42.9 Å². The zero-order valence-electron chi connectivity index (χ0n) is 16.9. The van der Waals surface area contributed by atoms with Crippen molar-refractivity contribution in [2.75, 3.05) is 0 Å². The van der Waals surface area contributed by atoms with Crippen LogP contribution in [-0.2, 0) is 4.79 Å². The summed E-state index contributed by atoms with van der Waals surface area (Å²) < 4.78 is 13.6. The van der Waals surface area contributed by atoms with Crippen LogP contribution in [0.5, 0.6) is 0 Å². The molecule has 2 atom stereocenters. The molecule has 1 aliphatic carbocycles. The Bertz CT molecular complexity index is 1130. The number of carboxylic acid groups (broad SMARTS) is 1. The number of hydrogen-bond donors (Lipinski definition) is 3. The molecular weight excluding hydrogens is 437 g/mol. The van der Waals surface area contributed by atoms with Gasteiger partial charge in [-0.1, -0.05) is 42.5 Å². The van der Waals surface area contributed by atoms with Gasteiger partial charge in [0, 0.05) is 28.9 Å². The van der Waals surface area contributed by atoms with Crippen LogP contribution in [-0.4, -0.2) is 76.2 Å². The Kier molecular flexibility index (Phi) is 8.42. The molecule has 32 heavy (non-hydrogen) atoms. The van der Waals surface area contributed by atoms with Gasteiger partial charge >= 0.3 is 43.7 Å². The maximum atomic E-state index is 13.6. The first-order valence-electron chi connectivity index (χ1n) is 10.4. The number of pyridine rings is 1. The van der Waals surface area contributed by atoms with E-state index in [2.05, 4.69) is 0 Å². The van der Waals surface area contributed by atoms with Crippen molar-refractivity contribution in [2.24, 2.45) is 0 Å². The van der Waals surface area contributed by atoms with Gasteiger partial charge in [-0.15, -0.1) is 0 Å². The molecule has 0 unspecified atom stereocenters. The predicted molar refractivity (Wildman–Crippen MR) is 126 cm³/mol. The van der Waals surface area contributed by atoms with Crippen molar-refractivity contribution in [3.8, 4) is 11.1 Å². The second kappa shape index (κ2) is 10.9. The standard InChI is InChI=1S/C25H24FNO4.Ca.2H/c26-17-9-7-15(8-10-17)24-20-3-1-2-4-22(20)27-25(16-5-6-16)21(24)12-11-18(28)13-19(29)14-23(30)31;;;/h1-4,7-12,16,18-19,28-29H,5-6,13-14H2,(H,30,31);;;/b12-11+;;;/t18-,19+;;;/m0.../s1. The zero-order valence-corrected chi connectivity index (χ0v) is 16.9. The summed E-state index contributed by atoms with van der Waals surface area (Å²) in [5, 5.41) is 29.9. The molecule has 164 valence electrons. The summed E-state index contributed by atoms with van der Waals surface area (Å²) in [5.74, 6) is -1.10. The monoisotopic (exact) mass is 463 g/mol. The Morgan fingerprint density at radius 1 is 1.12 bits per heavy atom. The molecule has 1 saturated carbocycles. The van der Waals surface area contributed by atoms with Gasteiger partial charge in [-0.2, -0.15) is 0 Å². The van der Waals surface area contributed by atoms with Crippen LogP contribution < -0.4 is 0 Å². The van der Waals surface area contributed by atoms with Crippen LogP contribution in [0.15, 0.2) is 54.6 Å². The van der Waals surface area contributed by atoms with Gasteiger partial charge in [0.2, 0.25) is 0 Å². The number of hydrogen-bond acceptors (Lipinski definition) is 4. The average Bonchev–Trinajstić information content (AvgIpc) is 3.56. The van der Waals surface area contributed by atoms with Gasteiger partial charge in [0.25, 0.3) is 0 Å². The summed E-state index contributed by atoms with van der Waals surface area (Å²) in [6, 6.07) is 14.1. The van der Waals surface area contributed by atoms with Crippen molar-refractivity contribution in [3.05, 3.63) is 71.7 Å². The van der Waals surface area contributed by atoms with Crippen molar-refractivity contribution in [3.63, 3.8) is 0 Å². The minimum atomic E-state index is -1.13. The normalized spacial score (nSPS) is 15.5. The van der Waals surface area contributed by atoms with Crippen molar-refractivity contribution in [1.82, 2.24) is 4.98 Å². The number of aliphatic carboxylic acids is 1. The van der Waals surface area contributed by atoms with E-state index in [9.17, 15) is 19.4 Å². The molecule has 3 aromatic rings. The molecule has 2 aromatic carbocycles. The summed E-state index contributed by atoms with van der Waals surface area (Å²) in [6.07, 6.45) is 2.80. The van der Waals surface area contributed by atoms with Gasteiger partial charge in [-0.25, -0.2) is 4.39 Å². The molecule has 1 aromatic heterocycles. The van der Waals surface area contributed by atoms with Crippen molar-refractivity contribution in [1.29, 1.82) is 0 Å². The molecule has 1 heterocycles. The number of carbonyl (C=O) groups is 1. The first-order chi connectivity index (χ1) is 14.9. The van der Waals surface area contributed by atoms with Gasteiger partial charge < -0.3 is 15.3 Å². The van der Waals surface area contributed by atoms with Crippen LogP contribution >= 0.6 is 0 Å². The van der Waals surface area contributed by atoms with Crippen molar-refractivity contribution >= 4 is 60.7 Å². The van der Waals surface area contributed by atoms with Crippen molar-refractivity contribution in [2.45, 2.75) is 43.8 Å². The third-order valence-electron chi connectivity index (χ3n) is 5.47. The fourth-order valence-electron chi connectivity index (χ4n) is 3.86. The van der Waals surface area contributed by atoms with Crippen LogP contribution in [0.3, 0.4) is 0 Å². The third-order valence-corrected chi connectivity index (χ3v) is 5.47. The first kappa shape index (κ1) is 24.8. The molecule has 4 rings (SSSR count). The first-order valence-corrected chi connectivity index (χ1v) is 10.4. The number of aliphatic hydroxyl groups excluding tert-OH is 2. The zero-order chi connectivity index (χ0) is 22.0. The summed E-state index contributed by atoms with van der Waals surface area (Å²) in [5.41, 5.74) is 4.43. The van der Waals surface area contributed by atoms with E-state index in [0.29, 0.717) is 5.92 Å². The quantitative estimate of drug-likeness (QED) is 0.444. The molecule has 5 nitrogen and oxygen atoms in total. The van der Waals surface area contributed by atoms with E-state index in [1.807, 2.05) is 24.3 Å². The molecule has 0 bridgehead atoms. The number of fused-ring (bicyclic) bond motifs is 1. The molecule has 3 N–H and O–H groups in total. The number of halogens is 1. The Hall–Kier alpha value is -1.83. The molecule has 0 amide bonds. The third kappa shape index (κ3) is 5.94. The molecule has 0 aliphatic heterocycles. The molecule has 1 fully saturated rings. The van der Waals surface area contributed by atoms with Gasteiger partial charge in [-0.3, -0.25) is 9.78 Å². The fraction of sp³-hybridized carbons (Fsp3) is 0.280. The van der Waals surface area contributed by atoms with E-state index >= 15 is 0 Å². The summed E-state index contributed by atoms with van der Waals surface area (Å²) in [4.78, 5) is 15.6. The molecular formula is C25H26CaFNO4. The van der Waals surface area contributed by atoms with Gasteiger partial charge in [-0.05, 0) is 36.6 Å².